The molecule has 26 heavy (non-hydrogen) atoms. The highest BCUT2D eigenvalue weighted by molar-refractivity contribution is 14.0. The molecule has 1 fully saturated rings. The predicted octanol–water partition coefficient (Wildman–Crippen LogP) is 2.13. The number of amides is 1. The topological polar surface area (TPSA) is 57.2 Å². The van der Waals surface area contributed by atoms with E-state index in [0.29, 0.717) is 6.61 Å². The Kier molecular flexibility index (Phi) is 8.15. The van der Waals surface area contributed by atoms with Gasteiger partial charge in [-0.25, -0.2) is 0 Å². The van der Waals surface area contributed by atoms with Gasteiger partial charge in [0.05, 0.1) is 13.2 Å². The number of hydrogen-bond acceptors (Lipinski definition) is 3. The van der Waals surface area contributed by atoms with Gasteiger partial charge < -0.3 is 19.9 Å². The molecule has 6 nitrogen and oxygen atoms in total. The highest BCUT2D eigenvalue weighted by Crippen LogP contribution is 2.28. The van der Waals surface area contributed by atoms with E-state index in [1.165, 1.54) is 18.4 Å². The first-order valence-corrected chi connectivity index (χ1v) is 9.07. The number of hydrogen-bond donors (Lipinski definition) is 1. The molecule has 0 bridgehead atoms. The van der Waals surface area contributed by atoms with E-state index in [-0.39, 0.29) is 36.4 Å². The molecule has 0 radical (unpaired) electrons. The number of fused-ring (bicyclic) bond motifs is 1. The van der Waals surface area contributed by atoms with Crippen LogP contribution in [0.5, 0.6) is 0 Å². The summed E-state index contributed by atoms with van der Waals surface area (Å²) >= 11 is 0. The van der Waals surface area contributed by atoms with Crippen LogP contribution in [0.2, 0.25) is 0 Å². The van der Waals surface area contributed by atoms with Crippen LogP contribution >= 0.6 is 24.0 Å². The number of guanidine groups is 1. The van der Waals surface area contributed by atoms with Crippen molar-refractivity contribution in [3.63, 3.8) is 0 Å². The van der Waals surface area contributed by atoms with Gasteiger partial charge in [-0.3, -0.25) is 9.79 Å². The smallest absolute Gasteiger partial charge is 0.246 e. The van der Waals surface area contributed by atoms with Gasteiger partial charge in [-0.05, 0) is 36.8 Å². The van der Waals surface area contributed by atoms with Gasteiger partial charge in [0, 0.05) is 39.5 Å². The number of para-hydroxylation sites is 1. The molecule has 1 aromatic rings. The molecule has 1 N–H and O–H groups in total. The highest BCUT2D eigenvalue weighted by atomic mass is 127. The quantitative estimate of drug-likeness (QED) is 0.286. The van der Waals surface area contributed by atoms with Crippen LogP contribution in [0.3, 0.4) is 0 Å². The number of carbonyl (C=O) groups excluding carboxylic acids is 1. The van der Waals surface area contributed by atoms with Crippen LogP contribution in [-0.4, -0.2) is 63.7 Å². The monoisotopic (exact) mass is 472 g/mol. The second-order valence-electron chi connectivity index (χ2n) is 6.76. The van der Waals surface area contributed by atoms with Crippen LogP contribution in [0.4, 0.5) is 5.69 Å². The van der Waals surface area contributed by atoms with Gasteiger partial charge in [0.15, 0.2) is 5.96 Å². The van der Waals surface area contributed by atoms with Crippen LogP contribution in [0.15, 0.2) is 29.3 Å². The van der Waals surface area contributed by atoms with Crippen LogP contribution in [0.25, 0.3) is 0 Å². The van der Waals surface area contributed by atoms with E-state index in [9.17, 15) is 4.79 Å². The van der Waals surface area contributed by atoms with Gasteiger partial charge in [-0.1, -0.05) is 18.2 Å². The number of benzene rings is 1. The molecule has 0 aromatic heterocycles. The summed E-state index contributed by atoms with van der Waals surface area (Å²) in [4.78, 5) is 20.7. The average molecular weight is 472 g/mol. The van der Waals surface area contributed by atoms with Crippen LogP contribution < -0.4 is 10.2 Å². The zero-order valence-corrected chi connectivity index (χ0v) is 17.9. The van der Waals surface area contributed by atoms with E-state index in [4.69, 9.17) is 4.74 Å². The summed E-state index contributed by atoms with van der Waals surface area (Å²) in [6.45, 7) is 3.30. The lowest BCUT2D eigenvalue weighted by molar-refractivity contribution is -0.117. The summed E-state index contributed by atoms with van der Waals surface area (Å²) in [5.41, 5.74) is 2.27. The SMILES string of the molecule is CN=C(NCC(=O)N1CCc2ccccc21)N(C)CCOCC1CC1.I. The number of likely N-dealkylation sites (N-methyl/N-ethyl adjacent to an activating group) is 1. The Morgan fingerprint density at radius 3 is 2.88 bits per heavy atom. The van der Waals surface area contributed by atoms with Crippen molar-refractivity contribution in [3.8, 4) is 0 Å². The lowest BCUT2D eigenvalue weighted by Gasteiger charge is -2.23. The van der Waals surface area contributed by atoms with Gasteiger partial charge in [0.25, 0.3) is 0 Å². The Labute approximate surface area is 173 Å². The third kappa shape index (κ3) is 5.57. The van der Waals surface area contributed by atoms with Gasteiger partial charge in [0.1, 0.15) is 0 Å². The number of halogens is 1. The average Bonchev–Trinajstić information content (AvgIpc) is 3.35. The van der Waals surface area contributed by atoms with Crippen LogP contribution in [0.1, 0.15) is 18.4 Å². The van der Waals surface area contributed by atoms with Crippen molar-refractivity contribution < 1.29 is 9.53 Å². The predicted molar refractivity (Wildman–Crippen MR) is 115 cm³/mol. The molecule has 0 saturated heterocycles. The van der Waals surface area contributed by atoms with Crippen molar-refractivity contribution in [1.29, 1.82) is 0 Å². The van der Waals surface area contributed by atoms with E-state index >= 15 is 0 Å². The minimum Gasteiger partial charge on any atom is -0.379 e. The summed E-state index contributed by atoms with van der Waals surface area (Å²) in [6, 6.07) is 8.10. The lowest BCUT2D eigenvalue weighted by atomic mass is 10.2. The van der Waals surface area contributed by atoms with Crippen LogP contribution in [0, 0.1) is 5.92 Å². The van der Waals surface area contributed by atoms with E-state index < -0.39 is 0 Å². The lowest BCUT2D eigenvalue weighted by Crippen LogP contribution is -2.45. The number of nitrogens with zero attached hydrogens (tertiary/aromatic N) is 3. The molecule has 144 valence electrons. The van der Waals surface area contributed by atoms with Gasteiger partial charge in [-0.15, -0.1) is 24.0 Å². The fourth-order valence-corrected chi connectivity index (χ4v) is 3.07. The molecule has 1 aliphatic carbocycles. The van der Waals surface area contributed by atoms with Crippen molar-refractivity contribution in [2.45, 2.75) is 19.3 Å². The van der Waals surface area contributed by atoms with E-state index in [2.05, 4.69) is 16.4 Å². The van der Waals surface area contributed by atoms with E-state index in [1.807, 2.05) is 35.0 Å². The van der Waals surface area contributed by atoms with Gasteiger partial charge >= 0.3 is 0 Å². The van der Waals surface area contributed by atoms with Gasteiger partial charge in [0.2, 0.25) is 5.91 Å². The second-order valence-corrected chi connectivity index (χ2v) is 6.76. The normalized spacial score (nSPS) is 16.1. The zero-order chi connectivity index (χ0) is 17.6. The van der Waals surface area contributed by atoms with Gasteiger partial charge in [-0.2, -0.15) is 0 Å². The summed E-state index contributed by atoms with van der Waals surface area (Å²) in [5.74, 6) is 1.57. The van der Waals surface area contributed by atoms with Crippen molar-refractivity contribution in [3.05, 3.63) is 29.8 Å². The fourth-order valence-electron chi connectivity index (χ4n) is 3.07. The number of ether oxygens (including phenoxy) is 1. The molecule has 1 aliphatic heterocycles. The molecule has 1 saturated carbocycles. The van der Waals surface area contributed by atoms with E-state index in [1.54, 1.807) is 7.05 Å². The third-order valence-electron chi connectivity index (χ3n) is 4.78. The second kappa shape index (κ2) is 10.1. The summed E-state index contributed by atoms with van der Waals surface area (Å²) in [6.07, 6.45) is 3.54. The maximum absolute atomic E-state index is 12.6. The maximum atomic E-state index is 12.6. The summed E-state index contributed by atoms with van der Waals surface area (Å²) in [7, 11) is 3.70. The highest BCUT2D eigenvalue weighted by Gasteiger charge is 2.24. The largest absolute Gasteiger partial charge is 0.379 e. The molecule has 1 aromatic carbocycles. The first-order chi connectivity index (χ1) is 12.2. The Hall–Kier alpha value is -1.35. The Morgan fingerprint density at radius 1 is 1.38 bits per heavy atom. The molecule has 0 spiro atoms. The number of carbonyl (C=O) groups is 1. The van der Waals surface area contributed by atoms with Crippen molar-refractivity contribution in [2.75, 3.05) is 51.8 Å². The number of nitrogens with one attached hydrogen (secondary N) is 1. The zero-order valence-electron chi connectivity index (χ0n) is 15.6. The molecule has 1 amide bonds. The standard InChI is InChI=1S/C19H28N4O2.HI/c1-20-19(22(2)11-12-25-14-15-7-8-15)21-13-18(24)23-10-9-16-5-3-4-6-17(16)23;/h3-6,15H,7-14H2,1-2H3,(H,20,21);1H. The maximum Gasteiger partial charge on any atom is 0.246 e. The molecule has 3 rings (SSSR count). The Morgan fingerprint density at radius 2 is 2.15 bits per heavy atom. The first kappa shape index (κ1) is 21.0. The number of anilines is 1. The summed E-state index contributed by atoms with van der Waals surface area (Å²) in [5, 5.41) is 3.17. The number of aliphatic imine (C=N–C) groups is 1. The third-order valence-corrected chi connectivity index (χ3v) is 4.78. The fraction of sp³-hybridized carbons (Fsp3) is 0.579. The molecule has 1 heterocycles. The molecule has 0 unspecified atom stereocenters. The minimum atomic E-state index is 0. The Balaban J connectivity index is 0.00000243. The van der Waals surface area contributed by atoms with Crippen molar-refractivity contribution >= 4 is 41.5 Å². The van der Waals surface area contributed by atoms with Crippen LogP contribution in [-0.2, 0) is 16.0 Å². The number of rotatable bonds is 7. The van der Waals surface area contributed by atoms with Crippen molar-refractivity contribution in [2.24, 2.45) is 10.9 Å². The first-order valence-electron chi connectivity index (χ1n) is 9.07. The molecular formula is C19H29IN4O2. The molecule has 0 atom stereocenters. The summed E-state index contributed by atoms with van der Waals surface area (Å²) < 4.78 is 5.67. The van der Waals surface area contributed by atoms with Crippen molar-refractivity contribution in [1.82, 2.24) is 10.2 Å². The van der Waals surface area contributed by atoms with E-state index in [0.717, 1.165) is 43.7 Å². The molecule has 7 heteroatoms. The molecular weight excluding hydrogens is 443 g/mol. The Bertz CT molecular complexity index is 634. The minimum absolute atomic E-state index is 0. The molecule has 2 aliphatic rings.